The van der Waals surface area contributed by atoms with Gasteiger partial charge in [0.2, 0.25) is 0 Å². The second kappa shape index (κ2) is 10.3. The van der Waals surface area contributed by atoms with Crippen LogP contribution in [0.4, 0.5) is 16.3 Å². The Morgan fingerprint density at radius 1 is 1.00 bits per heavy atom. The second-order valence-electron chi connectivity index (χ2n) is 11.4. The Kier molecular flexibility index (Phi) is 7.09. The molecule has 1 amide bonds. The number of hydrogen-bond acceptors (Lipinski definition) is 7. The van der Waals surface area contributed by atoms with E-state index in [0.717, 1.165) is 48.1 Å². The van der Waals surface area contributed by atoms with Gasteiger partial charge in [-0.1, -0.05) is 12.1 Å². The van der Waals surface area contributed by atoms with Gasteiger partial charge in [-0.3, -0.25) is 10.2 Å². The van der Waals surface area contributed by atoms with Crippen LogP contribution >= 0.6 is 0 Å². The van der Waals surface area contributed by atoms with Gasteiger partial charge in [-0.2, -0.15) is 0 Å². The molecule has 3 heterocycles. The molecular weight excluding hydrogens is 466 g/mol. The molecule has 2 fully saturated rings. The number of nitrogens with zero attached hydrogens (tertiary/aromatic N) is 5. The monoisotopic (exact) mass is 505 g/mol. The molecular formula is C28H39N7O2. The summed E-state index contributed by atoms with van der Waals surface area (Å²) in [5.41, 5.74) is 9.41. The lowest BCUT2D eigenvalue weighted by atomic mass is 9.89. The average Bonchev–Trinajstić information content (AvgIpc) is 3.25. The van der Waals surface area contributed by atoms with Crippen molar-refractivity contribution in [2.45, 2.75) is 64.1 Å². The predicted molar refractivity (Wildman–Crippen MR) is 148 cm³/mol. The van der Waals surface area contributed by atoms with Gasteiger partial charge in [-0.25, -0.2) is 14.8 Å². The molecule has 37 heavy (non-hydrogen) atoms. The Morgan fingerprint density at radius 3 is 2.30 bits per heavy atom. The van der Waals surface area contributed by atoms with Crippen LogP contribution in [0.3, 0.4) is 0 Å². The Hall–Kier alpha value is -3.17. The number of rotatable bonds is 4. The van der Waals surface area contributed by atoms with E-state index in [2.05, 4.69) is 42.9 Å². The number of nitrogens with two attached hydrogens (primary N) is 1. The molecule has 0 spiro atoms. The van der Waals surface area contributed by atoms with Gasteiger partial charge in [0, 0.05) is 55.7 Å². The Labute approximate surface area is 219 Å². The Morgan fingerprint density at radius 2 is 1.65 bits per heavy atom. The van der Waals surface area contributed by atoms with Crippen LogP contribution in [-0.2, 0) is 4.74 Å². The molecule has 0 atom stereocenters. The highest BCUT2D eigenvalue weighted by Gasteiger charge is 2.30. The summed E-state index contributed by atoms with van der Waals surface area (Å²) in [5.74, 6) is 0.487. The van der Waals surface area contributed by atoms with Crippen LogP contribution in [0.5, 0.6) is 0 Å². The summed E-state index contributed by atoms with van der Waals surface area (Å²) in [6.07, 6.45) is 7.94. The van der Waals surface area contributed by atoms with Crippen LogP contribution in [-0.4, -0.2) is 75.3 Å². The van der Waals surface area contributed by atoms with Crippen molar-refractivity contribution in [1.82, 2.24) is 24.3 Å². The second-order valence-corrected chi connectivity index (χ2v) is 11.4. The third kappa shape index (κ3) is 5.72. The van der Waals surface area contributed by atoms with Crippen molar-refractivity contribution in [3.05, 3.63) is 36.8 Å². The van der Waals surface area contributed by atoms with Crippen LogP contribution in [0.1, 0.15) is 52.5 Å². The molecule has 3 aromatic rings. The van der Waals surface area contributed by atoms with Gasteiger partial charge in [-0.15, -0.1) is 0 Å². The number of carbonyl (C=O) groups excluding carboxylic acids is 1. The first-order chi connectivity index (χ1) is 17.7. The number of hydrogen-bond donors (Lipinski definition) is 2. The Bertz CT molecular complexity index is 1230. The van der Waals surface area contributed by atoms with Crippen LogP contribution < -0.4 is 11.1 Å². The number of piperazine rings is 1. The number of likely N-dealkylation sites (N-methyl/N-ethyl adjacent to an activating group) is 1. The van der Waals surface area contributed by atoms with Gasteiger partial charge >= 0.3 is 6.09 Å². The van der Waals surface area contributed by atoms with Gasteiger partial charge in [0.05, 0.1) is 5.39 Å². The van der Waals surface area contributed by atoms with Crippen LogP contribution in [0.2, 0.25) is 0 Å². The molecule has 1 aromatic carbocycles. The Balaban J connectivity index is 1.34. The lowest BCUT2D eigenvalue weighted by molar-refractivity contribution is 0.0636. The van der Waals surface area contributed by atoms with Crippen LogP contribution in [0, 0.1) is 0 Å². The smallest absolute Gasteiger partial charge is 0.412 e. The summed E-state index contributed by atoms with van der Waals surface area (Å²) in [5, 5.41) is 3.68. The van der Waals surface area contributed by atoms with E-state index in [-0.39, 0.29) is 0 Å². The highest BCUT2D eigenvalue weighted by Crippen LogP contribution is 2.39. The molecule has 0 radical (unpaired) electrons. The van der Waals surface area contributed by atoms with Crippen molar-refractivity contribution in [3.8, 4) is 11.1 Å². The molecule has 2 aliphatic rings. The van der Waals surface area contributed by atoms with Crippen molar-refractivity contribution in [2.24, 2.45) is 0 Å². The fraction of sp³-hybridized carbons (Fsp3) is 0.536. The molecule has 3 N–H and O–H groups in total. The number of nitrogen functional groups attached to an aromatic ring is 1. The van der Waals surface area contributed by atoms with Crippen molar-refractivity contribution >= 4 is 28.6 Å². The lowest BCUT2D eigenvalue weighted by Gasteiger charge is -2.41. The molecule has 1 aliphatic carbocycles. The SMILES string of the molecule is CN1CCN(C2CCC(n3cc(-c4ccc(NC(=O)OC(C)(C)C)cc4)c4c(N)ncnc43)CC2)CC1. The molecule has 1 aliphatic heterocycles. The van der Waals surface area contributed by atoms with Crippen LogP contribution in [0.25, 0.3) is 22.2 Å². The fourth-order valence-electron chi connectivity index (χ4n) is 5.65. The molecule has 2 aromatic heterocycles. The number of anilines is 2. The highest BCUT2D eigenvalue weighted by atomic mass is 16.6. The van der Waals surface area contributed by atoms with Gasteiger partial charge in [0.1, 0.15) is 23.4 Å². The number of amides is 1. The van der Waals surface area contributed by atoms with Gasteiger partial charge in [0.15, 0.2) is 0 Å². The van der Waals surface area contributed by atoms with E-state index in [1.807, 2.05) is 45.0 Å². The maximum Gasteiger partial charge on any atom is 0.412 e. The third-order valence-corrected chi connectivity index (χ3v) is 7.59. The van der Waals surface area contributed by atoms with Crippen molar-refractivity contribution in [1.29, 1.82) is 0 Å². The molecule has 198 valence electrons. The van der Waals surface area contributed by atoms with E-state index in [1.165, 1.54) is 25.9 Å². The first kappa shape index (κ1) is 25.5. The molecule has 9 heteroatoms. The molecule has 1 saturated carbocycles. The number of carbonyl (C=O) groups is 1. The number of aromatic nitrogens is 3. The van der Waals surface area contributed by atoms with Crippen molar-refractivity contribution < 1.29 is 9.53 Å². The minimum Gasteiger partial charge on any atom is -0.444 e. The van der Waals surface area contributed by atoms with E-state index < -0.39 is 11.7 Å². The summed E-state index contributed by atoms with van der Waals surface area (Å²) >= 11 is 0. The molecule has 0 bridgehead atoms. The average molecular weight is 506 g/mol. The summed E-state index contributed by atoms with van der Waals surface area (Å²) in [4.78, 5) is 26.2. The van der Waals surface area contributed by atoms with E-state index in [9.17, 15) is 4.79 Å². The zero-order valence-electron chi connectivity index (χ0n) is 22.4. The van der Waals surface area contributed by atoms with E-state index in [1.54, 1.807) is 6.33 Å². The molecule has 9 nitrogen and oxygen atoms in total. The van der Waals surface area contributed by atoms with Crippen molar-refractivity contribution in [3.63, 3.8) is 0 Å². The lowest BCUT2D eigenvalue weighted by Crippen LogP contribution is -2.49. The van der Waals surface area contributed by atoms with Gasteiger partial charge in [0.25, 0.3) is 0 Å². The minimum absolute atomic E-state index is 0.391. The maximum atomic E-state index is 12.1. The zero-order valence-corrected chi connectivity index (χ0v) is 22.4. The maximum absolute atomic E-state index is 12.1. The normalized spacial score (nSPS) is 21.7. The molecule has 1 saturated heterocycles. The van der Waals surface area contributed by atoms with Crippen molar-refractivity contribution in [2.75, 3.05) is 44.3 Å². The summed E-state index contributed by atoms with van der Waals surface area (Å²) in [6.45, 7) is 10.2. The predicted octanol–water partition coefficient (Wildman–Crippen LogP) is 4.76. The first-order valence-electron chi connectivity index (χ1n) is 13.3. The first-order valence-corrected chi connectivity index (χ1v) is 13.3. The van der Waals surface area contributed by atoms with Crippen LogP contribution in [0.15, 0.2) is 36.8 Å². The fourth-order valence-corrected chi connectivity index (χ4v) is 5.65. The standard InChI is InChI=1S/C28H39N7O2/c1-28(2,3)37-27(36)32-20-7-5-19(6-8-20)23-17-35(26-24(23)25(29)30-18-31-26)22-11-9-21(10-12-22)34-15-13-33(4)14-16-34/h5-8,17-18,21-22H,9-16H2,1-4H3,(H,32,36)(H2,29,30,31). The quantitative estimate of drug-likeness (QED) is 0.527. The van der Waals surface area contributed by atoms with Gasteiger partial charge < -0.3 is 19.9 Å². The molecule has 5 rings (SSSR count). The van der Waals surface area contributed by atoms with E-state index in [0.29, 0.717) is 23.6 Å². The topological polar surface area (TPSA) is 102 Å². The molecule has 0 unspecified atom stereocenters. The van der Waals surface area contributed by atoms with E-state index in [4.69, 9.17) is 10.5 Å². The number of nitrogens with one attached hydrogen (secondary N) is 1. The number of benzene rings is 1. The third-order valence-electron chi connectivity index (χ3n) is 7.59. The number of ether oxygens (including phenoxy) is 1. The summed E-state index contributed by atoms with van der Waals surface area (Å²) in [6, 6.07) is 8.80. The van der Waals surface area contributed by atoms with Gasteiger partial charge in [-0.05, 0) is 71.2 Å². The summed E-state index contributed by atoms with van der Waals surface area (Å²) < 4.78 is 7.67. The van der Waals surface area contributed by atoms with E-state index >= 15 is 0 Å². The minimum atomic E-state index is -0.549. The highest BCUT2D eigenvalue weighted by molar-refractivity contribution is 6.01. The number of fused-ring (bicyclic) bond motifs is 1. The largest absolute Gasteiger partial charge is 0.444 e. The zero-order chi connectivity index (χ0) is 26.2. The summed E-state index contributed by atoms with van der Waals surface area (Å²) in [7, 11) is 2.21.